The summed E-state index contributed by atoms with van der Waals surface area (Å²) in [7, 11) is 0. The first-order chi connectivity index (χ1) is 7.65. The summed E-state index contributed by atoms with van der Waals surface area (Å²) in [5.41, 5.74) is 2.52. The molecule has 0 aromatic carbocycles. The van der Waals surface area contributed by atoms with Crippen molar-refractivity contribution in [2.45, 2.75) is 59.3 Å². The molecule has 1 nitrogen and oxygen atoms in total. The van der Waals surface area contributed by atoms with Crippen LogP contribution < -0.4 is 0 Å². The largest absolute Gasteiger partial charge is 0.295 e. The van der Waals surface area contributed by atoms with Crippen molar-refractivity contribution in [2.75, 3.05) is 0 Å². The SMILES string of the molecule is CCCCCCC1=CC(C)C(C(C)=O)=CC1. The summed E-state index contributed by atoms with van der Waals surface area (Å²) in [6, 6.07) is 0. The normalized spacial score (nSPS) is 20.3. The van der Waals surface area contributed by atoms with Crippen LogP contribution >= 0.6 is 0 Å². The van der Waals surface area contributed by atoms with Crippen LogP contribution in [0.3, 0.4) is 0 Å². The van der Waals surface area contributed by atoms with E-state index < -0.39 is 0 Å². The summed E-state index contributed by atoms with van der Waals surface area (Å²) in [4.78, 5) is 11.3. The van der Waals surface area contributed by atoms with E-state index in [4.69, 9.17) is 0 Å². The summed E-state index contributed by atoms with van der Waals surface area (Å²) in [6.45, 7) is 6.03. The van der Waals surface area contributed by atoms with Crippen LogP contribution in [0.2, 0.25) is 0 Å². The fourth-order valence-electron chi connectivity index (χ4n) is 2.37. The Hall–Kier alpha value is -0.850. The lowest BCUT2D eigenvalue weighted by molar-refractivity contribution is -0.114. The standard InChI is InChI=1S/C15H24O/c1-4-5-6-7-8-14-9-10-15(13(3)16)12(2)11-14/h10-12H,4-9H2,1-3H3. The Bertz CT molecular complexity index is 297. The molecule has 16 heavy (non-hydrogen) atoms. The van der Waals surface area contributed by atoms with Crippen molar-refractivity contribution in [3.8, 4) is 0 Å². The fraction of sp³-hybridized carbons (Fsp3) is 0.667. The summed E-state index contributed by atoms with van der Waals surface area (Å²) >= 11 is 0. The van der Waals surface area contributed by atoms with Gasteiger partial charge < -0.3 is 0 Å². The van der Waals surface area contributed by atoms with Gasteiger partial charge in [-0.1, -0.05) is 50.8 Å². The second-order valence-electron chi connectivity index (χ2n) is 4.84. The van der Waals surface area contributed by atoms with Gasteiger partial charge in [-0.15, -0.1) is 0 Å². The van der Waals surface area contributed by atoms with E-state index in [0.717, 1.165) is 12.0 Å². The Labute approximate surface area is 99.6 Å². The highest BCUT2D eigenvalue weighted by Gasteiger charge is 2.15. The molecule has 0 aromatic heterocycles. The topological polar surface area (TPSA) is 17.1 Å². The number of rotatable bonds is 6. The molecule has 0 radical (unpaired) electrons. The first-order valence-corrected chi connectivity index (χ1v) is 6.55. The van der Waals surface area contributed by atoms with E-state index in [2.05, 4.69) is 26.0 Å². The van der Waals surface area contributed by atoms with Gasteiger partial charge in [0.2, 0.25) is 0 Å². The van der Waals surface area contributed by atoms with E-state index in [1.54, 1.807) is 6.92 Å². The Balaban J connectivity index is 2.37. The third-order valence-corrected chi connectivity index (χ3v) is 3.32. The lowest BCUT2D eigenvalue weighted by atomic mass is 9.87. The number of allylic oxidation sites excluding steroid dienone is 4. The van der Waals surface area contributed by atoms with Gasteiger partial charge in [-0.2, -0.15) is 0 Å². The van der Waals surface area contributed by atoms with Crippen molar-refractivity contribution < 1.29 is 4.79 Å². The minimum atomic E-state index is 0.230. The van der Waals surface area contributed by atoms with Crippen LogP contribution in [0.15, 0.2) is 23.3 Å². The number of hydrogen-bond donors (Lipinski definition) is 0. The maximum atomic E-state index is 11.3. The third-order valence-electron chi connectivity index (χ3n) is 3.32. The zero-order chi connectivity index (χ0) is 12.0. The van der Waals surface area contributed by atoms with E-state index in [-0.39, 0.29) is 5.78 Å². The Morgan fingerprint density at radius 2 is 2.12 bits per heavy atom. The summed E-state index contributed by atoms with van der Waals surface area (Å²) in [6.07, 6.45) is 11.9. The number of carbonyl (C=O) groups is 1. The van der Waals surface area contributed by atoms with E-state index in [9.17, 15) is 4.79 Å². The third kappa shape index (κ3) is 3.96. The number of carbonyl (C=O) groups excluding carboxylic acids is 1. The van der Waals surface area contributed by atoms with Gasteiger partial charge in [0.05, 0.1) is 0 Å². The first-order valence-electron chi connectivity index (χ1n) is 6.55. The van der Waals surface area contributed by atoms with Crippen LogP contribution in [-0.2, 0) is 4.79 Å². The minimum absolute atomic E-state index is 0.230. The summed E-state index contributed by atoms with van der Waals surface area (Å²) in [5, 5.41) is 0. The Morgan fingerprint density at radius 1 is 1.38 bits per heavy atom. The maximum absolute atomic E-state index is 11.3. The smallest absolute Gasteiger partial charge is 0.156 e. The van der Waals surface area contributed by atoms with Gasteiger partial charge in [0.25, 0.3) is 0 Å². The molecule has 0 heterocycles. The molecule has 1 aliphatic rings. The predicted molar refractivity (Wildman–Crippen MR) is 69.4 cm³/mol. The average Bonchev–Trinajstić information content (AvgIpc) is 2.24. The van der Waals surface area contributed by atoms with Gasteiger partial charge in [-0.05, 0) is 31.8 Å². The molecule has 1 heteroatoms. The number of Topliss-reactive ketones (excluding diaryl/α,β-unsaturated/α-hetero) is 1. The lowest BCUT2D eigenvalue weighted by Crippen LogP contribution is -2.09. The van der Waals surface area contributed by atoms with Crippen LogP contribution in [0.4, 0.5) is 0 Å². The predicted octanol–water partition coefficient (Wildman–Crippen LogP) is 4.44. The van der Waals surface area contributed by atoms with Crippen molar-refractivity contribution in [1.29, 1.82) is 0 Å². The minimum Gasteiger partial charge on any atom is -0.295 e. The van der Waals surface area contributed by atoms with Crippen molar-refractivity contribution in [3.05, 3.63) is 23.3 Å². The quantitative estimate of drug-likeness (QED) is 0.478. The van der Waals surface area contributed by atoms with Gasteiger partial charge in [-0.25, -0.2) is 0 Å². The van der Waals surface area contributed by atoms with Gasteiger partial charge in [0.1, 0.15) is 0 Å². The fourth-order valence-corrected chi connectivity index (χ4v) is 2.37. The van der Waals surface area contributed by atoms with Gasteiger partial charge in [0.15, 0.2) is 5.78 Å². The molecule has 0 saturated carbocycles. The first kappa shape index (κ1) is 13.2. The molecular formula is C15H24O. The van der Waals surface area contributed by atoms with Crippen LogP contribution in [0, 0.1) is 5.92 Å². The van der Waals surface area contributed by atoms with Crippen molar-refractivity contribution in [2.24, 2.45) is 5.92 Å². The van der Waals surface area contributed by atoms with Crippen molar-refractivity contribution in [1.82, 2.24) is 0 Å². The molecule has 1 aliphatic carbocycles. The van der Waals surface area contributed by atoms with Gasteiger partial charge >= 0.3 is 0 Å². The molecule has 90 valence electrons. The summed E-state index contributed by atoms with van der Waals surface area (Å²) < 4.78 is 0. The number of ketones is 1. The van der Waals surface area contributed by atoms with E-state index in [1.807, 2.05) is 0 Å². The molecule has 0 aromatic rings. The lowest BCUT2D eigenvalue weighted by Gasteiger charge is -2.18. The van der Waals surface area contributed by atoms with Gasteiger partial charge in [-0.3, -0.25) is 4.79 Å². The molecule has 1 atom stereocenters. The maximum Gasteiger partial charge on any atom is 0.156 e. The zero-order valence-corrected chi connectivity index (χ0v) is 10.9. The molecule has 0 spiro atoms. The van der Waals surface area contributed by atoms with Crippen LogP contribution in [0.5, 0.6) is 0 Å². The molecule has 0 saturated heterocycles. The van der Waals surface area contributed by atoms with E-state index in [0.29, 0.717) is 5.92 Å². The van der Waals surface area contributed by atoms with Crippen LogP contribution in [0.25, 0.3) is 0 Å². The Morgan fingerprint density at radius 3 is 2.69 bits per heavy atom. The molecular weight excluding hydrogens is 196 g/mol. The highest BCUT2D eigenvalue weighted by atomic mass is 16.1. The number of unbranched alkanes of at least 4 members (excludes halogenated alkanes) is 3. The molecule has 0 amide bonds. The highest BCUT2D eigenvalue weighted by Crippen LogP contribution is 2.26. The van der Waals surface area contributed by atoms with Crippen molar-refractivity contribution >= 4 is 5.78 Å². The van der Waals surface area contributed by atoms with Crippen LogP contribution in [-0.4, -0.2) is 5.78 Å². The molecule has 0 bridgehead atoms. The molecule has 0 aliphatic heterocycles. The molecule has 0 fully saturated rings. The molecule has 0 N–H and O–H groups in total. The molecule has 1 rings (SSSR count). The molecule has 1 unspecified atom stereocenters. The highest BCUT2D eigenvalue weighted by molar-refractivity contribution is 5.94. The zero-order valence-electron chi connectivity index (χ0n) is 10.9. The average molecular weight is 220 g/mol. The van der Waals surface area contributed by atoms with E-state index in [1.165, 1.54) is 37.7 Å². The van der Waals surface area contributed by atoms with Crippen LogP contribution in [0.1, 0.15) is 59.3 Å². The monoisotopic (exact) mass is 220 g/mol. The summed E-state index contributed by atoms with van der Waals surface area (Å²) in [5.74, 6) is 0.557. The Kier molecular flexibility index (Phi) is 5.51. The second kappa shape index (κ2) is 6.67. The second-order valence-corrected chi connectivity index (χ2v) is 4.84. The van der Waals surface area contributed by atoms with E-state index >= 15 is 0 Å². The number of hydrogen-bond acceptors (Lipinski definition) is 1. The van der Waals surface area contributed by atoms with Crippen molar-refractivity contribution in [3.63, 3.8) is 0 Å². The van der Waals surface area contributed by atoms with Gasteiger partial charge in [0, 0.05) is 5.92 Å².